The zero-order valence-corrected chi connectivity index (χ0v) is 7.40. The molecule has 3 nitrogen and oxygen atoms in total. The van der Waals surface area contributed by atoms with Gasteiger partial charge in [0, 0.05) is 23.5 Å². The van der Waals surface area contributed by atoms with Crippen LogP contribution in [0.2, 0.25) is 0 Å². The average molecular weight is 174 g/mol. The number of nitrogens with zero attached hydrogens (tertiary/aromatic N) is 2. The van der Waals surface area contributed by atoms with Crippen LogP contribution in [0.4, 0.5) is 0 Å². The highest BCUT2D eigenvalue weighted by molar-refractivity contribution is 5.54. The van der Waals surface area contributed by atoms with E-state index in [4.69, 9.17) is 4.52 Å². The molecule has 2 rings (SSSR count). The first-order valence-corrected chi connectivity index (χ1v) is 4.26. The number of aryl methyl sites for hydroxylation is 1. The monoisotopic (exact) mass is 174 g/mol. The van der Waals surface area contributed by atoms with E-state index in [0.717, 1.165) is 23.4 Å². The summed E-state index contributed by atoms with van der Waals surface area (Å²) in [6, 6.07) is 5.81. The normalized spacial score (nSPS) is 10.2. The predicted molar refractivity (Wildman–Crippen MR) is 49.1 cm³/mol. The lowest BCUT2D eigenvalue weighted by atomic mass is 10.2. The molecule has 2 aromatic rings. The lowest BCUT2D eigenvalue weighted by Gasteiger charge is -1.96. The largest absolute Gasteiger partial charge is 0.356 e. The van der Waals surface area contributed by atoms with E-state index >= 15 is 0 Å². The van der Waals surface area contributed by atoms with Crippen molar-refractivity contribution in [3.05, 3.63) is 36.3 Å². The Kier molecular flexibility index (Phi) is 2.08. The smallest absolute Gasteiger partial charge is 0.168 e. The van der Waals surface area contributed by atoms with E-state index in [9.17, 15) is 0 Å². The molecule has 0 aromatic carbocycles. The molecule has 0 bridgehead atoms. The summed E-state index contributed by atoms with van der Waals surface area (Å²) in [7, 11) is 0. The van der Waals surface area contributed by atoms with Gasteiger partial charge in [-0.25, -0.2) is 0 Å². The van der Waals surface area contributed by atoms with Crippen molar-refractivity contribution in [1.82, 2.24) is 10.1 Å². The average Bonchev–Trinajstić information content (AvgIpc) is 2.71. The Bertz CT molecular complexity index is 364. The van der Waals surface area contributed by atoms with Gasteiger partial charge >= 0.3 is 0 Å². The zero-order chi connectivity index (χ0) is 9.10. The van der Waals surface area contributed by atoms with Crippen LogP contribution in [0.25, 0.3) is 11.3 Å². The predicted octanol–water partition coefficient (Wildman–Crippen LogP) is 2.30. The first-order valence-electron chi connectivity index (χ1n) is 4.26. The van der Waals surface area contributed by atoms with Crippen molar-refractivity contribution in [3.63, 3.8) is 0 Å². The van der Waals surface area contributed by atoms with Crippen LogP contribution >= 0.6 is 0 Å². The summed E-state index contributed by atoms with van der Waals surface area (Å²) < 4.78 is 5.00. The second-order valence-corrected chi connectivity index (χ2v) is 2.77. The van der Waals surface area contributed by atoms with Gasteiger partial charge in [-0.1, -0.05) is 12.1 Å². The minimum Gasteiger partial charge on any atom is -0.356 e. The van der Waals surface area contributed by atoms with Crippen molar-refractivity contribution < 1.29 is 4.52 Å². The maximum Gasteiger partial charge on any atom is 0.168 e. The number of aromatic nitrogens is 2. The molecule has 66 valence electrons. The molecule has 2 heterocycles. The highest BCUT2D eigenvalue weighted by Gasteiger charge is 2.00. The lowest BCUT2D eigenvalue weighted by Crippen LogP contribution is -1.85. The molecular weight excluding hydrogens is 164 g/mol. The quantitative estimate of drug-likeness (QED) is 0.701. The van der Waals surface area contributed by atoms with Gasteiger partial charge in [-0.15, -0.1) is 0 Å². The Morgan fingerprint density at radius 1 is 1.31 bits per heavy atom. The molecule has 0 aliphatic heterocycles. The first-order chi connectivity index (χ1) is 6.40. The third-order valence-electron chi connectivity index (χ3n) is 1.91. The molecule has 0 amide bonds. The fourth-order valence-electron chi connectivity index (χ4n) is 1.14. The van der Waals surface area contributed by atoms with E-state index in [1.807, 2.05) is 18.2 Å². The van der Waals surface area contributed by atoms with Gasteiger partial charge < -0.3 is 4.52 Å². The van der Waals surface area contributed by atoms with E-state index in [-0.39, 0.29) is 0 Å². The molecule has 0 unspecified atom stereocenters. The Morgan fingerprint density at radius 3 is 2.77 bits per heavy atom. The summed E-state index contributed by atoms with van der Waals surface area (Å²) in [5.74, 6) is 0.759. The maximum atomic E-state index is 5.00. The number of hydrogen-bond acceptors (Lipinski definition) is 3. The third kappa shape index (κ3) is 1.59. The summed E-state index contributed by atoms with van der Waals surface area (Å²) in [5, 5.41) is 3.64. The highest BCUT2D eigenvalue weighted by Crippen LogP contribution is 2.17. The molecule has 0 aliphatic rings. The number of pyridine rings is 1. The van der Waals surface area contributed by atoms with Crippen LogP contribution < -0.4 is 0 Å². The van der Waals surface area contributed by atoms with Gasteiger partial charge in [-0.05, 0) is 18.6 Å². The number of hydrogen-bond donors (Lipinski definition) is 0. The number of rotatable bonds is 2. The van der Waals surface area contributed by atoms with Gasteiger partial charge in [0.2, 0.25) is 0 Å². The van der Waals surface area contributed by atoms with Gasteiger partial charge in [-0.3, -0.25) is 4.98 Å². The molecule has 0 fully saturated rings. The second-order valence-electron chi connectivity index (χ2n) is 2.77. The molecular formula is C10H10N2O. The minimum atomic E-state index is 0.759. The summed E-state index contributed by atoms with van der Waals surface area (Å²) in [6.45, 7) is 2.08. The van der Waals surface area contributed by atoms with Gasteiger partial charge in [0.25, 0.3) is 0 Å². The molecule has 3 heteroatoms. The molecule has 0 aliphatic carbocycles. The standard InChI is InChI=1S/C10H10N2O/c1-2-9-4-3-8(7-11-9)10-5-6-12-13-10/h3-7H,2H2,1H3. The molecule has 0 atom stereocenters. The molecule has 0 N–H and O–H groups in total. The SMILES string of the molecule is CCc1ccc(-c2ccno2)cn1. The summed E-state index contributed by atoms with van der Waals surface area (Å²) in [5.41, 5.74) is 2.05. The Hall–Kier alpha value is -1.64. The van der Waals surface area contributed by atoms with E-state index in [1.54, 1.807) is 12.4 Å². The van der Waals surface area contributed by atoms with Crippen molar-refractivity contribution in [1.29, 1.82) is 0 Å². The van der Waals surface area contributed by atoms with Crippen LogP contribution in [0.1, 0.15) is 12.6 Å². The van der Waals surface area contributed by atoms with E-state index in [1.165, 1.54) is 0 Å². The van der Waals surface area contributed by atoms with Crippen LogP contribution in [-0.4, -0.2) is 10.1 Å². The Morgan fingerprint density at radius 2 is 2.23 bits per heavy atom. The fraction of sp³-hybridized carbons (Fsp3) is 0.200. The van der Waals surface area contributed by atoms with Gasteiger partial charge in [0.05, 0.1) is 6.20 Å². The first kappa shape index (κ1) is 7.98. The summed E-state index contributed by atoms with van der Waals surface area (Å²) >= 11 is 0. The Labute approximate surface area is 76.4 Å². The van der Waals surface area contributed by atoms with Crippen LogP contribution in [-0.2, 0) is 6.42 Å². The van der Waals surface area contributed by atoms with E-state index < -0.39 is 0 Å². The van der Waals surface area contributed by atoms with Crippen molar-refractivity contribution >= 4 is 0 Å². The molecule has 2 aromatic heterocycles. The zero-order valence-electron chi connectivity index (χ0n) is 7.40. The highest BCUT2D eigenvalue weighted by atomic mass is 16.5. The summed E-state index contributed by atoms with van der Waals surface area (Å²) in [6.07, 6.45) is 4.39. The Balaban J connectivity index is 2.33. The maximum absolute atomic E-state index is 5.00. The molecule has 0 radical (unpaired) electrons. The van der Waals surface area contributed by atoms with Crippen molar-refractivity contribution in [2.24, 2.45) is 0 Å². The van der Waals surface area contributed by atoms with Crippen molar-refractivity contribution in [2.45, 2.75) is 13.3 Å². The van der Waals surface area contributed by atoms with Crippen LogP contribution in [0.15, 0.2) is 35.1 Å². The second kappa shape index (κ2) is 3.39. The third-order valence-corrected chi connectivity index (χ3v) is 1.91. The van der Waals surface area contributed by atoms with E-state index in [0.29, 0.717) is 0 Å². The van der Waals surface area contributed by atoms with E-state index in [2.05, 4.69) is 17.1 Å². The fourth-order valence-corrected chi connectivity index (χ4v) is 1.14. The molecule has 13 heavy (non-hydrogen) atoms. The van der Waals surface area contributed by atoms with Crippen LogP contribution in [0, 0.1) is 0 Å². The van der Waals surface area contributed by atoms with Crippen molar-refractivity contribution in [3.8, 4) is 11.3 Å². The lowest BCUT2D eigenvalue weighted by molar-refractivity contribution is 0.432. The van der Waals surface area contributed by atoms with Gasteiger partial charge in [-0.2, -0.15) is 0 Å². The van der Waals surface area contributed by atoms with Gasteiger partial charge in [0.15, 0.2) is 5.76 Å². The summed E-state index contributed by atoms with van der Waals surface area (Å²) in [4.78, 5) is 4.27. The molecule has 0 saturated carbocycles. The molecule has 0 saturated heterocycles. The minimum absolute atomic E-state index is 0.759. The van der Waals surface area contributed by atoms with Crippen LogP contribution in [0.3, 0.4) is 0 Å². The van der Waals surface area contributed by atoms with Crippen LogP contribution in [0.5, 0.6) is 0 Å². The topological polar surface area (TPSA) is 38.9 Å². The van der Waals surface area contributed by atoms with Crippen molar-refractivity contribution in [2.75, 3.05) is 0 Å². The van der Waals surface area contributed by atoms with Gasteiger partial charge in [0.1, 0.15) is 0 Å². The molecule has 0 spiro atoms.